The SMILES string of the molecule is COc1cccc(F)c1CC(=O)Nc1c(N)ccnc1Cl. The van der Waals surface area contributed by atoms with Gasteiger partial charge < -0.3 is 15.8 Å². The number of nitrogens with two attached hydrogens (primary N) is 1. The molecule has 0 aliphatic heterocycles. The highest BCUT2D eigenvalue weighted by Crippen LogP contribution is 2.27. The summed E-state index contributed by atoms with van der Waals surface area (Å²) in [4.78, 5) is 15.9. The van der Waals surface area contributed by atoms with E-state index in [0.29, 0.717) is 5.75 Å². The van der Waals surface area contributed by atoms with E-state index in [-0.39, 0.29) is 28.5 Å². The molecule has 110 valence electrons. The topological polar surface area (TPSA) is 77.2 Å². The lowest BCUT2D eigenvalue weighted by Crippen LogP contribution is -2.17. The molecule has 0 aliphatic rings. The van der Waals surface area contributed by atoms with Crippen molar-refractivity contribution in [2.75, 3.05) is 18.2 Å². The zero-order valence-electron chi connectivity index (χ0n) is 11.2. The highest BCUT2D eigenvalue weighted by molar-refractivity contribution is 6.33. The number of hydrogen-bond donors (Lipinski definition) is 2. The zero-order chi connectivity index (χ0) is 15.4. The van der Waals surface area contributed by atoms with Gasteiger partial charge in [0.1, 0.15) is 17.3 Å². The third-order valence-electron chi connectivity index (χ3n) is 2.83. The minimum atomic E-state index is -0.519. The van der Waals surface area contributed by atoms with E-state index in [2.05, 4.69) is 10.3 Å². The number of nitrogens with zero attached hydrogens (tertiary/aromatic N) is 1. The number of aromatic nitrogens is 1. The van der Waals surface area contributed by atoms with Crippen LogP contribution in [0.3, 0.4) is 0 Å². The van der Waals surface area contributed by atoms with Gasteiger partial charge in [-0.15, -0.1) is 0 Å². The van der Waals surface area contributed by atoms with Gasteiger partial charge in [0.2, 0.25) is 5.91 Å². The van der Waals surface area contributed by atoms with Crippen molar-refractivity contribution in [1.29, 1.82) is 0 Å². The fraction of sp³-hybridized carbons (Fsp3) is 0.143. The Hall–Kier alpha value is -2.34. The van der Waals surface area contributed by atoms with Crippen LogP contribution in [-0.2, 0) is 11.2 Å². The van der Waals surface area contributed by atoms with Gasteiger partial charge in [-0.25, -0.2) is 9.37 Å². The first kappa shape index (κ1) is 15.1. The number of pyridine rings is 1. The number of amides is 1. The van der Waals surface area contributed by atoms with Crippen LogP contribution >= 0.6 is 11.6 Å². The van der Waals surface area contributed by atoms with Gasteiger partial charge in [0.05, 0.1) is 19.2 Å². The highest BCUT2D eigenvalue weighted by Gasteiger charge is 2.15. The van der Waals surface area contributed by atoms with E-state index in [9.17, 15) is 9.18 Å². The van der Waals surface area contributed by atoms with Crippen LogP contribution in [-0.4, -0.2) is 18.0 Å². The molecule has 0 unspecified atom stereocenters. The summed E-state index contributed by atoms with van der Waals surface area (Å²) in [7, 11) is 1.41. The van der Waals surface area contributed by atoms with Crippen molar-refractivity contribution in [2.45, 2.75) is 6.42 Å². The molecule has 0 bridgehead atoms. The Labute approximate surface area is 125 Å². The minimum Gasteiger partial charge on any atom is -0.496 e. The number of nitrogens with one attached hydrogen (secondary N) is 1. The Morgan fingerprint density at radius 1 is 1.48 bits per heavy atom. The Bertz CT molecular complexity index is 659. The van der Waals surface area contributed by atoms with E-state index < -0.39 is 11.7 Å². The first-order valence-corrected chi connectivity index (χ1v) is 6.42. The molecular weight excluding hydrogens is 297 g/mol. The number of carbonyl (C=O) groups is 1. The Morgan fingerprint density at radius 2 is 2.24 bits per heavy atom. The van der Waals surface area contributed by atoms with Crippen LogP contribution in [0.1, 0.15) is 5.56 Å². The van der Waals surface area contributed by atoms with Gasteiger partial charge in [-0.2, -0.15) is 0 Å². The number of halogens is 2. The van der Waals surface area contributed by atoms with Gasteiger partial charge in [-0.3, -0.25) is 4.79 Å². The maximum Gasteiger partial charge on any atom is 0.229 e. The number of nitrogen functional groups attached to an aromatic ring is 1. The van der Waals surface area contributed by atoms with Crippen LogP contribution in [0.4, 0.5) is 15.8 Å². The largest absolute Gasteiger partial charge is 0.496 e. The molecule has 5 nitrogen and oxygen atoms in total. The number of methoxy groups -OCH3 is 1. The molecule has 0 radical (unpaired) electrons. The van der Waals surface area contributed by atoms with E-state index in [1.54, 1.807) is 6.07 Å². The third-order valence-corrected chi connectivity index (χ3v) is 3.12. The van der Waals surface area contributed by atoms with Crippen LogP contribution in [0, 0.1) is 5.82 Å². The smallest absolute Gasteiger partial charge is 0.229 e. The molecule has 21 heavy (non-hydrogen) atoms. The van der Waals surface area contributed by atoms with Gasteiger partial charge in [0, 0.05) is 11.8 Å². The molecule has 2 rings (SSSR count). The second-order valence-corrected chi connectivity index (χ2v) is 4.57. The molecule has 0 aliphatic carbocycles. The number of benzene rings is 1. The predicted octanol–water partition coefficient (Wildman–Crippen LogP) is 2.65. The van der Waals surface area contributed by atoms with E-state index >= 15 is 0 Å². The van der Waals surface area contributed by atoms with Crippen molar-refractivity contribution in [2.24, 2.45) is 0 Å². The third kappa shape index (κ3) is 3.41. The Morgan fingerprint density at radius 3 is 2.90 bits per heavy atom. The second kappa shape index (κ2) is 6.41. The first-order valence-electron chi connectivity index (χ1n) is 6.04. The van der Waals surface area contributed by atoms with Gasteiger partial charge in [0.15, 0.2) is 5.15 Å². The van der Waals surface area contributed by atoms with Gasteiger partial charge >= 0.3 is 0 Å². The van der Waals surface area contributed by atoms with Gasteiger partial charge in [0.25, 0.3) is 0 Å². The van der Waals surface area contributed by atoms with Crippen LogP contribution in [0.25, 0.3) is 0 Å². The number of carbonyl (C=O) groups excluding carboxylic acids is 1. The van der Waals surface area contributed by atoms with Crippen LogP contribution in [0.2, 0.25) is 5.15 Å². The number of ether oxygens (including phenoxy) is 1. The van der Waals surface area contributed by atoms with E-state index in [0.717, 1.165) is 0 Å². The maximum atomic E-state index is 13.8. The van der Waals surface area contributed by atoms with Crippen LogP contribution < -0.4 is 15.8 Å². The summed E-state index contributed by atoms with van der Waals surface area (Å²) in [6.07, 6.45) is 1.22. The van der Waals surface area contributed by atoms with E-state index in [4.69, 9.17) is 22.1 Å². The molecule has 1 heterocycles. The fourth-order valence-corrected chi connectivity index (χ4v) is 2.03. The normalized spacial score (nSPS) is 10.2. The quantitative estimate of drug-likeness (QED) is 0.851. The van der Waals surface area contributed by atoms with Crippen molar-refractivity contribution in [1.82, 2.24) is 4.98 Å². The summed E-state index contributed by atoms with van der Waals surface area (Å²) in [5, 5.41) is 2.60. The molecule has 0 saturated heterocycles. The molecule has 2 aromatic rings. The van der Waals surface area contributed by atoms with Crippen molar-refractivity contribution in [3.8, 4) is 5.75 Å². The Kier molecular flexibility index (Phi) is 4.59. The minimum absolute atomic E-state index is 0.0730. The molecule has 0 fully saturated rings. The summed E-state index contributed by atoms with van der Waals surface area (Å²) in [5.74, 6) is -0.690. The number of anilines is 2. The monoisotopic (exact) mass is 309 g/mol. The average Bonchev–Trinajstić information content (AvgIpc) is 2.45. The lowest BCUT2D eigenvalue weighted by Gasteiger charge is -2.11. The fourth-order valence-electron chi connectivity index (χ4n) is 1.82. The van der Waals surface area contributed by atoms with Crippen LogP contribution in [0.5, 0.6) is 5.75 Å². The molecule has 3 N–H and O–H groups in total. The van der Waals surface area contributed by atoms with E-state index in [1.807, 2.05) is 0 Å². The second-order valence-electron chi connectivity index (χ2n) is 4.21. The molecule has 0 saturated carbocycles. The molecule has 7 heteroatoms. The lowest BCUT2D eigenvalue weighted by atomic mass is 10.1. The maximum absolute atomic E-state index is 13.8. The zero-order valence-corrected chi connectivity index (χ0v) is 11.9. The van der Waals surface area contributed by atoms with Crippen molar-refractivity contribution < 1.29 is 13.9 Å². The molecule has 0 atom stereocenters. The predicted molar refractivity (Wildman–Crippen MR) is 78.9 cm³/mol. The Balaban J connectivity index is 2.20. The molecule has 1 aromatic carbocycles. The van der Waals surface area contributed by atoms with E-state index in [1.165, 1.54) is 31.5 Å². The first-order chi connectivity index (χ1) is 10.0. The molecule has 1 aromatic heterocycles. The molecule has 1 amide bonds. The molecular formula is C14H13ClFN3O2. The number of rotatable bonds is 4. The summed E-state index contributed by atoms with van der Waals surface area (Å²) in [5.41, 5.74) is 6.36. The highest BCUT2D eigenvalue weighted by atomic mass is 35.5. The summed E-state index contributed by atoms with van der Waals surface area (Å²) in [6.45, 7) is 0. The van der Waals surface area contributed by atoms with Crippen molar-refractivity contribution >= 4 is 28.9 Å². The molecule has 0 spiro atoms. The average molecular weight is 310 g/mol. The van der Waals surface area contributed by atoms with Gasteiger partial charge in [-0.05, 0) is 18.2 Å². The van der Waals surface area contributed by atoms with Crippen LogP contribution in [0.15, 0.2) is 30.5 Å². The van der Waals surface area contributed by atoms with Gasteiger partial charge in [-0.1, -0.05) is 17.7 Å². The standard InChI is InChI=1S/C14H13ClFN3O2/c1-21-11-4-2-3-9(16)8(11)7-12(20)19-13-10(17)5-6-18-14(13)15/h2-6H,7H2,1H3,(H2,17,18)(H,19,20). The summed E-state index contributed by atoms with van der Waals surface area (Å²) < 4.78 is 18.8. The number of hydrogen-bond acceptors (Lipinski definition) is 4. The summed E-state index contributed by atoms with van der Waals surface area (Å²) in [6, 6.07) is 5.85. The van der Waals surface area contributed by atoms with Crippen molar-refractivity contribution in [3.05, 3.63) is 47.0 Å². The van der Waals surface area contributed by atoms with Crippen molar-refractivity contribution in [3.63, 3.8) is 0 Å². The lowest BCUT2D eigenvalue weighted by molar-refractivity contribution is -0.115. The summed E-state index contributed by atoms with van der Waals surface area (Å²) >= 11 is 5.86.